The lowest BCUT2D eigenvalue weighted by Crippen LogP contribution is -1.94. The van der Waals surface area contributed by atoms with E-state index in [1.165, 1.54) is 12.5 Å². The molecule has 0 bridgehead atoms. The van der Waals surface area contributed by atoms with Crippen molar-refractivity contribution >= 4 is 5.82 Å². The van der Waals surface area contributed by atoms with Gasteiger partial charge in [-0.15, -0.1) is 0 Å². The monoisotopic (exact) mass is 211 g/mol. The molecular formula is C11H9N5. The Labute approximate surface area is 92.8 Å². The largest absolute Gasteiger partial charge is 0.373 e. The van der Waals surface area contributed by atoms with E-state index < -0.39 is 0 Å². The average molecular weight is 211 g/mol. The Morgan fingerprint density at radius 2 is 2.12 bits per heavy atom. The topological polar surface area (TPSA) is 74.5 Å². The Morgan fingerprint density at radius 1 is 1.25 bits per heavy atom. The summed E-state index contributed by atoms with van der Waals surface area (Å²) in [6.07, 6.45) is 4.66. The fourth-order valence-electron chi connectivity index (χ4n) is 1.29. The number of hydrogen-bond donors (Lipinski definition) is 1. The van der Waals surface area contributed by atoms with Crippen LogP contribution in [0.5, 0.6) is 0 Å². The highest BCUT2D eigenvalue weighted by molar-refractivity contribution is 5.62. The predicted molar refractivity (Wildman–Crippen MR) is 59.5 cm³/mol. The van der Waals surface area contributed by atoms with E-state index in [9.17, 15) is 0 Å². The number of rotatable bonds is 2. The molecule has 5 nitrogen and oxygen atoms in total. The molecule has 5 heteroatoms. The zero-order chi connectivity index (χ0) is 11.4. The van der Waals surface area contributed by atoms with Crippen molar-refractivity contribution in [1.82, 2.24) is 15.0 Å². The number of nitriles is 1. The Hall–Kier alpha value is -2.48. The maximum atomic E-state index is 8.77. The molecule has 0 fully saturated rings. The summed E-state index contributed by atoms with van der Waals surface area (Å²) in [7, 11) is 1.79. The molecule has 0 unspecified atom stereocenters. The molecule has 0 aliphatic heterocycles. The lowest BCUT2D eigenvalue weighted by Gasteiger charge is -2.02. The first kappa shape index (κ1) is 10.1. The van der Waals surface area contributed by atoms with Crippen LogP contribution < -0.4 is 5.32 Å². The molecule has 0 atom stereocenters. The lowest BCUT2D eigenvalue weighted by atomic mass is 10.1. The van der Waals surface area contributed by atoms with Gasteiger partial charge in [0, 0.05) is 31.1 Å². The average Bonchev–Trinajstić information content (AvgIpc) is 2.39. The first-order chi connectivity index (χ1) is 7.83. The van der Waals surface area contributed by atoms with Crippen molar-refractivity contribution in [1.29, 1.82) is 5.26 Å². The third-order valence-electron chi connectivity index (χ3n) is 2.09. The van der Waals surface area contributed by atoms with Gasteiger partial charge in [-0.05, 0) is 6.07 Å². The SMILES string of the molecule is CNc1cc(-c2cncc(C#N)c2)ncn1. The highest BCUT2D eigenvalue weighted by Crippen LogP contribution is 2.18. The minimum atomic E-state index is 0.516. The molecule has 2 aromatic rings. The predicted octanol–water partition coefficient (Wildman–Crippen LogP) is 1.45. The van der Waals surface area contributed by atoms with Gasteiger partial charge in [0.15, 0.2) is 0 Å². The van der Waals surface area contributed by atoms with Gasteiger partial charge >= 0.3 is 0 Å². The van der Waals surface area contributed by atoms with Gasteiger partial charge in [-0.1, -0.05) is 0 Å². The highest BCUT2D eigenvalue weighted by Gasteiger charge is 2.02. The molecule has 0 spiro atoms. The van der Waals surface area contributed by atoms with E-state index in [4.69, 9.17) is 5.26 Å². The van der Waals surface area contributed by atoms with E-state index in [-0.39, 0.29) is 0 Å². The van der Waals surface area contributed by atoms with Gasteiger partial charge < -0.3 is 5.32 Å². The molecule has 0 aliphatic rings. The van der Waals surface area contributed by atoms with Crippen molar-refractivity contribution in [3.05, 3.63) is 36.4 Å². The number of pyridine rings is 1. The molecule has 1 N–H and O–H groups in total. The Morgan fingerprint density at radius 3 is 2.88 bits per heavy atom. The molecule has 2 heterocycles. The third-order valence-corrected chi connectivity index (χ3v) is 2.09. The molecule has 2 aromatic heterocycles. The van der Waals surface area contributed by atoms with Crippen molar-refractivity contribution in [3.8, 4) is 17.3 Å². The Balaban J connectivity index is 2.46. The Kier molecular flexibility index (Phi) is 2.74. The van der Waals surface area contributed by atoms with Crippen LogP contribution in [0.1, 0.15) is 5.56 Å². The maximum Gasteiger partial charge on any atom is 0.129 e. The summed E-state index contributed by atoms with van der Waals surface area (Å²) in [5.41, 5.74) is 2.06. The molecule has 16 heavy (non-hydrogen) atoms. The smallest absolute Gasteiger partial charge is 0.129 e. The van der Waals surface area contributed by atoms with Crippen molar-refractivity contribution in [2.24, 2.45) is 0 Å². The van der Waals surface area contributed by atoms with Crippen LogP contribution >= 0.6 is 0 Å². The first-order valence-corrected chi connectivity index (χ1v) is 4.69. The molecule has 0 aromatic carbocycles. The molecular weight excluding hydrogens is 202 g/mol. The highest BCUT2D eigenvalue weighted by atomic mass is 15.0. The number of anilines is 1. The molecule has 0 saturated heterocycles. The number of nitrogens with zero attached hydrogens (tertiary/aromatic N) is 4. The lowest BCUT2D eigenvalue weighted by molar-refractivity contribution is 1.16. The summed E-state index contributed by atoms with van der Waals surface area (Å²) in [6.45, 7) is 0. The first-order valence-electron chi connectivity index (χ1n) is 4.69. The van der Waals surface area contributed by atoms with Crippen molar-refractivity contribution in [3.63, 3.8) is 0 Å². The normalized spacial score (nSPS) is 9.50. The van der Waals surface area contributed by atoms with Gasteiger partial charge in [0.25, 0.3) is 0 Å². The molecule has 0 amide bonds. The number of nitrogens with one attached hydrogen (secondary N) is 1. The second-order valence-corrected chi connectivity index (χ2v) is 3.11. The summed E-state index contributed by atoms with van der Waals surface area (Å²) in [5, 5.41) is 11.7. The van der Waals surface area contributed by atoms with Gasteiger partial charge in [0.05, 0.1) is 11.3 Å². The van der Waals surface area contributed by atoms with E-state index >= 15 is 0 Å². The summed E-state index contributed by atoms with van der Waals surface area (Å²) in [4.78, 5) is 12.1. The summed E-state index contributed by atoms with van der Waals surface area (Å²) in [6, 6.07) is 5.59. The van der Waals surface area contributed by atoms with Gasteiger partial charge in [0.1, 0.15) is 18.2 Å². The number of hydrogen-bond acceptors (Lipinski definition) is 5. The van der Waals surface area contributed by atoms with E-state index in [0.29, 0.717) is 5.56 Å². The number of aromatic nitrogens is 3. The van der Waals surface area contributed by atoms with Crippen LogP contribution in [0.4, 0.5) is 5.82 Å². The maximum absolute atomic E-state index is 8.77. The zero-order valence-corrected chi connectivity index (χ0v) is 8.68. The van der Waals surface area contributed by atoms with Crippen LogP contribution in [-0.2, 0) is 0 Å². The quantitative estimate of drug-likeness (QED) is 0.813. The molecule has 78 valence electrons. The van der Waals surface area contributed by atoms with Crippen molar-refractivity contribution in [2.75, 3.05) is 12.4 Å². The molecule has 2 rings (SSSR count). The summed E-state index contributed by atoms with van der Waals surface area (Å²) < 4.78 is 0. The molecule has 0 saturated carbocycles. The molecule has 0 radical (unpaired) electrons. The van der Waals surface area contributed by atoms with Crippen LogP contribution in [-0.4, -0.2) is 22.0 Å². The van der Waals surface area contributed by atoms with Gasteiger partial charge in [-0.25, -0.2) is 9.97 Å². The van der Waals surface area contributed by atoms with E-state index in [1.54, 1.807) is 25.4 Å². The van der Waals surface area contributed by atoms with Crippen molar-refractivity contribution < 1.29 is 0 Å². The van der Waals surface area contributed by atoms with Crippen molar-refractivity contribution in [2.45, 2.75) is 0 Å². The van der Waals surface area contributed by atoms with E-state index in [2.05, 4.69) is 20.3 Å². The van der Waals surface area contributed by atoms with E-state index in [0.717, 1.165) is 17.1 Å². The Bertz CT molecular complexity index is 544. The standard InChI is InChI=1S/C11H9N5/c1-13-11-3-10(15-7-16-11)9-2-8(4-12)5-14-6-9/h2-3,5-7H,1H3,(H,13,15,16). The second-order valence-electron chi connectivity index (χ2n) is 3.11. The fourth-order valence-corrected chi connectivity index (χ4v) is 1.29. The fraction of sp³-hybridized carbons (Fsp3) is 0.0909. The van der Waals surface area contributed by atoms with E-state index in [1.807, 2.05) is 6.07 Å². The molecule has 0 aliphatic carbocycles. The van der Waals surface area contributed by atoms with Crippen LogP contribution in [0.15, 0.2) is 30.9 Å². The third kappa shape index (κ3) is 1.96. The zero-order valence-electron chi connectivity index (χ0n) is 8.68. The minimum Gasteiger partial charge on any atom is -0.373 e. The summed E-state index contributed by atoms with van der Waals surface area (Å²) in [5.74, 6) is 0.729. The summed E-state index contributed by atoms with van der Waals surface area (Å²) >= 11 is 0. The van der Waals surface area contributed by atoms with Crippen LogP contribution in [0.2, 0.25) is 0 Å². The van der Waals surface area contributed by atoms with Gasteiger partial charge in [0.2, 0.25) is 0 Å². The minimum absolute atomic E-state index is 0.516. The van der Waals surface area contributed by atoms with Gasteiger partial charge in [-0.3, -0.25) is 4.98 Å². The second kappa shape index (κ2) is 4.36. The van der Waals surface area contributed by atoms with Crippen LogP contribution in [0.25, 0.3) is 11.3 Å². The van der Waals surface area contributed by atoms with Gasteiger partial charge in [-0.2, -0.15) is 5.26 Å². The van der Waals surface area contributed by atoms with Crippen LogP contribution in [0.3, 0.4) is 0 Å². The van der Waals surface area contributed by atoms with Crippen LogP contribution in [0, 0.1) is 11.3 Å².